The number of carbonyl (C=O) groups is 1. The average molecular weight is 438 g/mol. The maximum Gasteiger partial charge on any atom is 1.00 e. The van der Waals surface area contributed by atoms with Gasteiger partial charge in [-0.1, -0.05) is 6.92 Å². The molecule has 0 heterocycles. The summed E-state index contributed by atoms with van der Waals surface area (Å²) in [6, 6.07) is 0. The van der Waals surface area contributed by atoms with Crippen LogP contribution < -0.4 is 162 Å². The first-order valence-corrected chi connectivity index (χ1v) is 3.32. The molecule has 0 N–H and O–H groups in total. The van der Waals surface area contributed by atoms with Gasteiger partial charge < -0.3 is 9.90 Å². The van der Waals surface area contributed by atoms with Crippen LogP contribution in [0.2, 0.25) is 0 Å². The van der Waals surface area contributed by atoms with Crippen LogP contribution in [0.15, 0.2) is 0 Å². The SMILES string of the molecule is CCC(=O)[O-].[Cs+].[Cs+].[O-][Cl+3]([O-])([O-])[O-]. The molecule has 0 spiro atoms. The van der Waals surface area contributed by atoms with Crippen molar-refractivity contribution >= 4 is 5.97 Å². The van der Waals surface area contributed by atoms with Gasteiger partial charge in [0.25, 0.3) is 0 Å². The molecule has 0 unspecified atom stereocenters. The minimum absolute atomic E-state index is 0. The molecule has 0 saturated heterocycles. The molecule has 0 aliphatic heterocycles. The van der Waals surface area contributed by atoms with E-state index in [1.807, 2.05) is 0 Å². The van der Waals surface area contributed by atoms with Gasteiger partial charge in [-0.05, 0) is 6.42 Å². The number of carboxylic acids is 1. The monoisotopic (exact) mass is 438 g/mol. The maximum absolute atomic E-state index is 9.26. The van der Waals surface area contributed by atoms with Crippen LogP contribution in [0.1, 0.15) is 13.3 Å². The van der Waals surface area contributed by atoms with Gasteiger partial charge >= 0.3 is 138 Å². The summed E-state index contributed by atoms with van der Waals surface area (Å²) in [4.78, 5) is 9.26. The normalized spacial score (nSPS) is 8.08. The van der Waals surface area contributed by atoms with Gasteiger partial charge in [-0.2, -0.15) is 0 Å². The quantitative estimate of drug-likeness (QED) is 0.399. The average Bonchev–Trinajstić information content (AvgIpc) is 1.61. The van der Waals surface area contributed by atoms with Gasteiger partial charge in [-0.25, -0.2) is 18.6 Å². The van der Waals surface area contributed by atoms with E-state index in [0.29, 0.717) is 0 Å². The number of carbonyl (C=O) groups excluding carboxylic acids is 1. The molecule has 9 heteroatoms. The van der Waals surface area contributed by atoms with Gasteiger partial charge in [0.2, 0.25) is 0 Å². The van der Waals surface area contributed by atoms with Crippen molar-refractivity contribution in [3.63, 3.8) is 0 Å². The summed E-state index contributed by atoms with van der Waals surface area (Å²) >= 11 is 0. The molecule has 0 radical (unpaired) electrons. The van der Waals surface area contributed by atoms with Crippen LogP contribution in [0.4, 0.5) is 0 Å². The van der Waals surface area contributed by atoms with E-state index >= 15 is 0 Å². The zero-order chi connectivity index (χ0) is 8.78. The predicted octanol–water partition coefficient (Wildman–Crippen LogP) is -11.6. The fourth-order valence-corrected chi connectivity index (χ4v) is 0. The minimum Gasteiger partial charge on any atom is -0.550 e. The number of rotatable bonds is 1. The van der Waals surface area contributed by atoms with E-state index in [9.17, 15) is 9.90 Å². The van der Waals surface area contributed by atoms with Crippen molar-refractivity contribution in [3.8, 4) is 0 Å². The van der Waals surface area contributed by atoms with Crippen LogP contribution in [0.3, 0.4) is 0 Å². The molecule has 0 rings (SSSR count). The Bertz CT molecular complexity index is 97.5. The number of aliphatic carboxylic acids is 1. The van der Waals surface area contributed by atoms with Gasteiger partial charge in [-0.15, -0.1) is 10.2 Å². The molecule has 12 heavy (non-hydrogen) atoms. The molecule has 62 valence electrons. The van der Waals surface area contributed by atoms with Gasteiger partial charge in [0.05, 0.1) is 0 Å². The first-order chi connectivity index (χ1) is 4.27. The smallest absolute Gasteiger partial charge is 0.550 e. The standard InChI is InChI=1S/C3H6O2.ClHO4.2Cs/c1-2-3(4)5;2-1(3,4)5;;/h2H2,1H3,(H,4,5);(H,2,3,4,5);;/q;;2*+1/p-2. The molecule has 0 aromatic carbocycles. The minimum atomic E-state index is -4.94. The third kappa shape index (κ3) is 68.0. The second-order valence-electron chi connectivity index (χ2n) is 1.10. The van der Waals surface area contributed by atoms with Crippen LogP contribution >= 0.6 is 0 Å². The van der Waals surface area contributed by atoms with E-state index in [1.54, 1.807) is 0 Å². The molecular weight excluding hydrogens is 433 g/mol. The molecule has 0 aliphatic carbocycles. The van der Waals surface area contributed by atoms with Crippen LogP contribution in [0, 0.1) is 10.2 Å². The van der Waals surface area contributed by atoms with Gasteiger partial charge in [0.15, 0.2) is 0 Å². The summed E-state index contributed by atoms with van der Waals surface area (Å²) in [6.07, 6.45) is 0.111. The van der Waals surface area contributed by atoms with E-state index in [4.69, 9.17) is 18.6 Å². The van der Waals surface area contributed by atoms with E-state index in [1.165, 1.54) is 6.92 Å². The molecule has 0 fully saturated rings. The summed E-state index contributed by atoms with van der Waals surface area (Å²) < 4.78 is 34.0. The van der Waals surface area contributed by atoms with Gasteiger partial charge in [-0.3, -0.25) is 0 Å². The molecule has 0 bridgehead atoms. The largest absolute Gasteiger partial charge is 1.00 e. The Balaban J connectivity index is -0.0000000457. The molecule has 0 aliphatic rings. The zero-order valence-electron chi connectivity index (χ0n) is 7.03. The maximum atomic E-state index is 9.26. The van der Waals surface area contributed by atoms with E-state index < -0.39 is 16.2 Å². The topological polar surface area (TPSA) is 132 Å². The van der Waals surface area contributed by atoms with Crippen molar-refractivity contribution in [2.75, 3.05) is 0 Å². The molecule has 0 amide bonds. The fraction of sp³-hybridized carbons (Fsp3) is 0.667. The Labute approximate surface area is 190 Å². The number of hydrogen-bond acceptors (Lipinski definition) is 6. The summed E-state index contributed by atoms with van der Waals surface area (Å²) in [6.45, 7) is 1.54. The first kappa shape index (κ1) is 24.8. The van der Waals surface area contributed by atoms with Crippen LogP contribution in [-0.2, 0) is 4.79 Å². The molecule has 0 aromatic heterocycles. The summed E-state index contributed by atoms with van der Waals surface area (Å²) in [7, 11) is -4.94. The molecule has 0 saturated carbocycles. The van der Waals surface area contributed by atoms with E-state index in [-0.39, 0.29) is 144 Å². The van der Waals surface area contributed by atoms with Crippen molar-refractivity contribution in [2.24, 2.45) is 0 Å². The predicted molar refractivity (Wildman–Crippen MR) is 15.3 cm³/mol. The fourth-order valence-electron chi connectivity index (χ4n) is 0. The third-order valence-electron chi connectivity index (χ3n) is 0.289. The Hall–Kier alpha value is 3.70. The Morgan fingerprint density at radius 3 is 1.25 bits per heavy atom. The molecule has 0 aromatic rings. The summed E-state index contributed by atoms with van der Waals surface area (Å²) in [5, 5.41) is 9.26. The van der Waals surface area contributed by atoms with Crippen molar-refractivity contribution < 1.29 is 177 Å². The van der Waals surface area contributed by atoms with Gasteiger partial charge in [0, 0.05) is 5.97 Å². The van der Waals surface area contributed by atoms with Crippen molar-refractivity contribution in [3.05, 3.63) is 0 Å². The third-order valence-corrected chi connectivity index (χ3v) is 0.289. The Morgan fingerprint density at radius 1 is 1.17 bits per heavy atom. The van der Waals surface area contributed by atoms with Gasteiger partial charge in [0.1, 0.15) is 0 Å². The second-order valence-corrected chi connectivity index (χ2v) is 1.86. The van der Waals surface area contributed by atoms with Crippen molar-refractivity contribution in [1.82, 2.24) is 0 Å². The molecule has 6 nitrogen and oxygen atoms in total. The van der Waals surface area contributed by atoms with Crippen molar-refractivity contribution in [2.45, 2.75) is 13.3 Å². The second kappa shape index (κ2) is 14.7. The molecule has 0 atom stereocenters. The summed E-state index contributed by atoms with van der Waals surface area (Å²) in [5.74, 6) is -0.995. The van der Waals surface area contributed by atoms with Crippen LogP contribution in [-0.4, -0.2) is 5.97 Å². The van der Waals surface area contributed by atoms with Crippen molar-refractivity contribution in [1.29, 1.82) is 0 Å². The van der Waals surface area contributed by atoms with E-state index in [2.05, 4.69) is 0 Å². The number of halogens is 1. The first-order valence-electron chi connectivity index (χ1n) is 2.09. The van der Waals surface area contributed by atoms with E-state index in [0.717, 1.165) is 0 Å². The van der Waals surface area contributed by atoms with Crippen LogP contribution in [0.5, 0.6) is 0 Å². The number of carboxylic acid groups (broad SMARTS) is 1. The molecular formula is C3H5ClCs2O6. The Morgan fingerprint density at radius 2 is 1.25 bits per heavy atom. The number of hydrogen-bond donors (Lipinski definition) is 0. The Kier molecular flexibility index (Phi) is 30.4. The van der Waals surface area contributed by atoms with Crippen LogP contribution in [0.25, 0.3) is 0 Å². The zero-order valence-corrected chi connectivity index (χ0v) is 20.4. The summed E-state index contributed by atoms with van der Waals surface area (Å²) in [5.41, 5.74) is 0.